The molecule has 0 amide bonds. The minimum atomic E-state index is -3.66. The second-order valence-electron chi connectivity index (χ2n) is 6.53. The molecule has 3 aromatic rings. The van der Waals surface area contributed by atoms with Crippen LogP contribution in [-0.2, 0) is 16.6 Å². The highest BCUT2D eigenvalue weighted by Crippen LogP contribution is 2.33. The Hall–Kier alpha value is -1.67. The monoisotopic (exact) mass is 424 g/mol. The molecule has 1 fully saturated rings. The van der Waals surface area contributed by atoms with Crippen LogP contribution in [0.4, 0.5) is 0 Å². The molecule has 142 valence electrons. The summed E-state index contributed by atoms with van der Waals surface area (Å²) in [6, 6.07) is 6.26. The minimum Gasteiger partial charge on any atom is -0.327 e. The van der Waals surface area contributed by atoms with Crippen molar-refractivity contribution in [1.29, 1.82) is 0 Å². The minimum absolute atomic E-state index is 0.0294. The van der Waals surface area contributed by atoms with E-state index >= 15 is 0 Å². The average molecular weight is 425 g/mol. The van der Waals surface area contributed by atoms with Gasteiger partial charge in [0, 0.05) is 41.8 Å². The summed E-state index contributed by atoms with van der Waals surface area (Å²) >= 11 is 12.0. The third-order valence-corrected chi connectivity index (χ3v) is 7.17. The van der Waals surface area contributed by atoms with E-state index in [-0.39, 0.29) is 10.8 Å². The van der Waals surface area contributed by atoms with Gasteiger partial charge >= 0.3 is 0 Å². The molecule has 0 saturated carbocycles. The molecule has 1 saturated heterocycles. The molecule has 6 nitrogen and oxygen atoms in total. The Bertz CT molecular complexity index is 1090. The molecule has 0 radical (unpaired) electrons. The molecule has 1 atom stereocenters. The Labute approximate surface area is 167 Å². The number of halogens is 2. The van der Waals surface area contributed by atoms with E-state index in [2.05, 4.69) is 16.5 Å². The number of sulfonamides is 1. The lowest BCUT2D eigenvalue weighted by Crippen LogP contribution is -2.29. The van der Waals surface area contributed by atoms with Crippen LogP contribution >= 0.6 is 23.2 Å². The van der Waals surface area contributed by atoms with Crippen LogP contribution in [0.15, 0.2) is 41.6 Å². The number of aryl methyl sites for hydroxylation is 1. The van der Waals surface area contributed by atoms with Gasteiger partial charge in [-0.05, 0) is 37.6 Å². The lowest BCUT2D eigenvalue weighted by Gasteiger charge is -2.17. The van der Waals surface area contributed by atoms with E-state index in [4.69, 9.17) is 28.2 Å². The van der Waals surface area contributed by atoms with E-state index in [9.17, 15) is 8.42 Å². The van der Waals surface area contributed by atoms with Gasteiger partial charge in [-0.2, -0.15) is 4.31 Å². The Morgan fingerprint density at radius 2 is 1.96 bits per heavy atom. The van der Waals surface area contributed by atoms with Crippen molar-refractivity contribution in [3.05, 3.63) is 52.5 Å². The van der Waals surface area contributed by atoms with E-state index < -0.39 is 10.0 Å². The van der Waals surface area contributed by atoms with Gasteiger partial charge in [0.05, 0.1) is 22.1 Å². The summed E-state index contributed by atoms with van der Waals surface area (Å²) in [5, 5.41) is 0.606. The number of hydrogen-bond donors (Lipinski definition) is 0. The quantitative estimate of drug-likeness (QED) is 0.635. The summed E-state index contributed by atoms with van der Waals surface area (Å²) in [6.07, 6.45) is 4.23. The number of imidazole rings is 1. The van der Waals surface area contributed by atoms with Crippen molar-refractivity contribution < 1.29 is 8.42 Å². The van der Waals surface area contributed by atoms with Crippen LogP contribution in [0.1, 0.15) is 25.1 Å². The fourth-order valence-corrected chi connectivity index (χ4v) is 5.84. The Balaban J connectivity index is 1.66. The van der Waals surface area contributed by atoms with Gasteiger partial charge in [0.25, 0.3) is 0 Å². The first-order valence-corrected chi connectivity index (χ1v) is 10.9. The normalized spacial score (nSPS) is 18.4. The van der Waals surface area contributed by atoms with Crippen molar-refractivity contribution in [1.82, 2.24) is 18.8 Å². The van der Waals surface area contributed by atoms with Gasteiger partial charge < -0.3 is 4.57 Å². The first kappa shape index (κ1) is 18.7. The molecule has 1 aliphatic rings. The van der Waals surface area contributed by atoms with Crippen LogP contribution in [0, 0.1) is 0 Å². The standard InChI is InChI=1S/C18H18Cl2N4O2S/c1-2-24-17-10-21-5-3-16(17)22-18(24)12-4-6-23(11-12)27(25,26)15-8-13(19)7-14(20)9-15/h3,5,7-10,12H,2,4,6,11H2,1H3/t12-/m1/s1. The van der Waals surface area contributed by atoms with E-state index in [1.54, 1.807) is 12.4 Å². The summed E-state index contributed by atoms with van der Waals surface area (Å²) < 4.78 is 29.6. The molecule has 0 unspecified atom stereocenters. The highest BCUT2D eigenvalue weighted by molar-refractivity contribution is 7.89. The van der Waals surface area contributed by atoms with Crippen LogP contribution in [0.5, 0.6) is 0 Å². The molecule has 0 N–H and O–H groups in total. The van der Waals surface area contributed by atoms with Crippen molar-refractivity contribution in [2.45, 2.75) is 30.7 Å². The van der Waals surface area contributed by atoms with Crippen molar-refractivity contribution in [3.8, 4) is 0 Å². The zero-order chi connectivity index (χ0) is 19.2. The van der Waals surface area contributed by atoms with Crippen LogP contribution in [0.25, 0.3) is 11.0 Å². The molecular formula is C18H18Cl2N4O2S. The van der Waals surface area contributed by atoms with E-state index in [1.807, 2.05) is 6.07 Å². The Morgan fingerprint density at radius 3 is 2.67 bits per heavy atom. The largest absolute Gasteiger partial charge is 0.327 e. The molecule has 1 aromatic carbocycles. The third kappa shape index (κ3) is 3.33. The molecule has 0 spiro atoms. The summed E-state index contributed by atoms with van der Waals surface area (Å²) in [5.41, 5.74) is 1.85. The molecule has 4 rings (SSSR count). The fourth-order valence-electron chi connectivity index (χ4n) is 3.62. The molecule has 0 aliphatic carbocycles. The predicted molar refractivity (Wildman–Crippen MR) is 106 cm³/mol. The maximum Gasteiger partial charge on any atom is 0.243 e. The van der Waals surface area contributed by atoms with Gasteiger partial charge in [-0.1, -0.05) is 23.2 Å². The summed E-state index contributed by atoms with van der Waals surface area (Å²) in [5.74, 6) is 0.934. The number of pyridine rings is 1. The van der Waals surface area contributed by atoms with Crippen LogP contribution in [-0.4, -0.2) is 40.3 Å². The molecule has 2 aromatic heterocycles. The van der Waals surface area contributed by atoms with Gasteiger partial charge in [0.1, 0.15) is 5.82 Å². The molecule has 9 heteroatoms. The highest BCUT2D eigenvalue weighted by Gasteiger charge is 2.35. The third-order valence-electron chi connectivity index (χ3n) is 4.89. The molecule has 3 heterocycles. The van der Waals surface area contributed by atoms with Gasteiger partial charge in [0.15, 0.2) is 0 Å². The zero-order valence-corrected chi connectivity index (χ0v) is 17.0. The Morgan fingerprint density at radius 1 is 1.22 bits per heavy atom. The molecular weight excluding hydrogens is 407 g/mol. The summed E-state index contributed by atoms with van der Waals surface area (Å²) in [4.78, 5) is 9.04. The van der Waals surface area contributed by atoms with Gasteiger partial charge in [-0.25, -0.2) is 13.4 Å². The van der Waals surface area contributed by atoms with Gasteiger partial charge in [0.2, 0.25) is 10.0 Å². The lowest BCUT2D eigenvalue weighted by molar-refractivity contribution is 0.469. The number of rotatable bonds is 4. The second-order valence-corrected chi connectivity index (χ2v) is 9.34. The Kier molecular flexibility index (Phi) is 4.88. The maximum atomic E-state index is 13.0. The molecule has 1 aliphatic heterocycles. The highest BCUT2D eigenvalue weighted by atomic mass is 35.5. The summed E-state index contributed by atoms with van der Waals surface area (Å²) in [6.45, 7) is 3.62. The number of hydrogen-bond acceptors (Lipinski definition) is 4. The number of benzene rings is 1. The summed E-state index contributed by atoms with van der Waals surface area (Å²) in [7, 11) is -3.66. The van der Waals surface area contributed by atoms with Crippen molar-refractivity contribution >= 4 is 44.3 Å². The smallest absolute Gasteiger partial charge is 0.243 e. The SMILES string of the molecule is CCn1c([C@@H]2CCN(S(=O)(=O)c3cc(Cl)cc(Cl)c3)C2)nc2ccncc21. The van der Waals surface area contributed by atoms with E-state index in [1.165, 1.54) is 22.5 Å². The van der Waals surface area contributed by atoms with Crippen molar-refractivity contribution in [2.75, 3.05) is 13.1 Å². The molecule has 27 heavy (non-hydrogen) atoms. The van der Waals surface area contributed by atoms with Crippen LogP contribution < -0.4 is 0 Å². The predicted octanol–water partition coefficient (Wildman–Crippen LogP) is 3.94. The maximum absolute atomic E-state index is 13.0. The van der Waals surface area contributed by atoms with E-state index in [0.717, 1.165) is 23.4 Å². The second kappa shape index (κ2) is 7.05. The number of aromatic nitrogens is 3. The topological polar surface area (TPSA) is 68.1 Å². The van der Waals surface area contributed by atoms with Crippen LogP contribution in [0.3, 0.4) is 0 Å². The van der Waals surface area contributed by atoms with Gasteiger partial charge in [-0.3, -0.25) is 4.98 Å². The van der Waals surface area contributed by atoms with Crippen LogP contribution in [0.2, 0.25) is 10.0 Å². The number of fused-ring (bicyclic) bond motifs is 1. The van der Waals surface area contributed by atoms with E-state index in [0.29, 0.717) is 29.6 Å². The van der Waals surface area contributed by atoms with Crippen molar-refractivity contribution in [3.63, 3.8) is 0 Å². The average Bonchev–Trinajstić information content (AvgIpc) is 3.25. The number of nitrogens with zero attached hydrogens (tertiary/aromatic N) is 4. The van der Waals surface area contributed by atoms with Crippen molar-refractivity contribution in [2.24, 2.45) is 0 Å². The first-order chi connectivity index (χ1) is 12.9. The van der Waals surface area contributed by atoms with Gasteiger partial charge in [-0.15, -0.1) is 0 Å². The zero-order valence-electron chi connectivity index (χ0n) is 14.6. The first-order valence-electron chi connectivity index (χ1n) is 8.66. The lowest BCUT2D eigenvalue weighted by atomic mass is 10.1. The molecule has 0 bridgehead atoms. The fraction of sp³-hybridized carbons (Fsp3) is 0.333.